The number of benzene rings is 2. The summed E-state index contributed by atoms with van der Waals surface area (Å²) < 4.78 is 6.54. The Morgan fingerprint density at radius 1 is 1.14 bits per heavy atom. The zero-order valence-electron chi connectivity index (χ0n) is 15.7. The van der Waals surface area contributed by atoms with Crippen molar-refractivity contribution in [1.29, 1.82) is 0 Å². The van der Waals surface area contributed by atoms with E-state index in [0.29, 0.717) is 6.54 Å². The molecule has 0 spiro atoms. The predicted octanol–water partition coefficient (Wildman–Crippen LogP) is 3.01. The second-order valence-electron chi connectivity index (χ2n) is 7.21. The number of hydrogen-bond acceptors (Lipinski definition) is 6. The molecule has 5 rings (SSSR count). The molecule has 8 heteroatoms. The summed E-state index contributed by atoms with van der Waals surface area (Å²) >= 11 is 0. The Morgan fingerprint density at radius 2 is 2.07 bits per heavy atom. The summed E-state index contributed by atoms with van der Waals surface area (Å²) in [6, 6.07) is 15.3. The van der Waals surface area contributed by atoms with Crippen LogP contribution in [0.15, 0.2) is 65.6 Å². The van der Waals surface area contributed by atoms with Crippen molar-refractivity contribution in [3.63, 3.8) is 0 Å². The van der Waals surface area contributed by atoms with Crippen molar-refractivity contribution in [3.05, 3.63) is 66.5 Å². The van der Waals surface area contributed by atoms with Gasteiger partial charge in [0.05, 0.1) is 11.7 Å². The summed E-state index contributed by atoms with van der Waals surface area (Å²) in [5, 5.41) is 15.0. The van der Waals surface area contributed by atoms with Crippen LogP contribution in [-0.2, 0) is 11.3 Å². The van der Waals surface area contributed by atoms with Gasteiger partial charge in [-0.3, -0.25) is 9.69 Å². The zero-order valence-corrected chi connectivity index (χ0v) is 15.7. The minimum Gasteiger partial charge on any atom is -0.325 e. The monoisotopic (exact) mass is 388 g/mol. The number of anilines is 1. The normalized spacial score (nSPS) is 17.0. The van der Waals surface area contributed by atoms with E-state index < -0.39 is 0 Å². The fraction of sp³-hybridized carbons (Fsp3) is 0.238. The van der Waals surface area contributed by atoms with Crippen molar-refractivity contribution in [2.75, 3.05) is 11.9 Å². The van der Waals surface area contributed by atoms with Gasteiger partial charge >= 0.3 is 0 Å². The summed E-state index contributed by atoms with van der Waals surface area (Å²) in [5.41, 5.74) is 4.24. The van der Waals surface area contributed by atoms with Crippen LogP contribution in [0.2, 0.25) is 0 Å². The summed E-state index contributed by atoms with van der Waals surface area (Å²) in [6.45, 7) is 1.58. The summed E-state index contributed by atoms with van der Waals surface area (Å²) in [7, 11) is 0. The number of nitrogens with zero attached hydrogens (tertiary/aromatic N) is 5. The lowest BCUT2D eigenvalue weighted by molar-refractivity contribution is -0.120. The molecule has 8 nitrogen and oxygen atoms in total. The van der Waals surface area contributed by atoms with Crippen LogP contribution in [0.5, 0.6) is 0 Å². The van der Waals surface area contributed by atoms with Gasteiger partial charge in [-0.05, 0) is 71.7 Å². The van der Waals surface area contributed by atoms with Gasteiger partial charge < -0.3 is 5.32 Å². The highest BCUT2D eigenvalue weighted by molar-refractivity contribution is 5.95. The highest BCUT2D eigenvalue weighted by Gasteiger charge is 2.30. The molecule has 2 aromatic heterocycles. The first-order valence-electron chi connectivity index (χ1n) is 9.62. The second-order valence-corrected chi connectivity index (χ2v) is 7.21. The molecule has 0 radical (unpaired) electrons. The molecule has 1 amide bonds. The minimum atomic E-state index is -0.158. The standard InChI is InChI=1S/C21H20N6O2/c28-21(23-16-4-1-5-17(13-16)27-11-3-9-22-27)20-6-2-10-26(20)14-15-7-8-18-19(12-15)25-29-24-18/h1,3-5,7-9,11-13,20H,2,6,10,14H2,(H,23,28). The molecule has 0 aliphatic carbocycles. The highest BCUT2D eigenvalue weighted by Crippen LogP contribution is 2.23. The Morgan fingerprint density at radius 3 is 2.97 bits per heavy atom. The molecule has 1 unspecified atom stereocenters. The smallest absolute Gasteiger partial charge is 0.241 e. The number of likely N-dealkylation sites (tertiary alicyclic amines) is 1. The zero-order chi connectivity index (χ0) is 19.6. The summed E-state index contributed by atoms with van der Waals surface area (Å²) in [5.74, 6) is 0.0179. The lowest BCUT2D eigenvalue weighted by Crippen LogP contribution is -2.39. The molecule has 1 aliphatic rings. The number of aromatic nitrogens is 4. The van der Waals surface area contributed by atoms with E-state index in [1.165, 1.54) is 0 Å². The molecule has 1 saturated heterocycles. The Labute approximate surface area is 167 Å². The molecule has 1 atom stereocenters. The average molecular weight is 388 g/mol. The van der Waals surface area contributed by atoms with E-state index in [1.807, 2.05) is 54.7 Å². The summed E-state index contributed by atoms with van der Waals surface area (Å²) in [6.07, 6.45) is 5.45. The number of carbonyl (C=O) groups excluding carboxylic acids is 1. The van der Waals surface area contributed by atoms with E-state index in [9.17, 15) is 4.79 Å². The van der Waals surface area contributed by atoms with E-state index in [-0.39, 0.29) is 11.9 Å². The van der Waals surface area contributed by atoms with Crippen molar-refractivity contribution in [2.45, 2.75) is 25.4 Å². The van der Waals surface area contributed by atoms with Gasteiger partial charge in [-0.25, -0.2) is 9.31 Å². The molecular weight excluding hydrogens is 368 g/mol. The van der Waals surface area contributed by atoms with Gasteiger partial charge in [-0.2, -0.15) is 5.10 Å². The van der Waals surface area contributed by atoms with Crippen molar-refractivity contribution < 1.29 is 9.42 Å². The molecule has 146 valence electrons. The maximum absolute atomic E-state index is 13.0. The van der Waals surface area contributed by atoms with Crippen LogP contribution >= 0.6 is 0 Å². The van der Waals surface area contributed by atoms with Crippen LogP contribution in [0.1, 0.15) is 18.4 Å². The first kappa shape index (κ1) is 17.6. The van der Waals surface area contributed by atoms with Crippen molar-refractivity contribution in [2.24, 2.45) is 0 Å². The van der Waals surface area contributed by atoms with Crippen molar-refractivity contribution in [1.82, 2.24) is 25.0 Å². The fourth-order valence-corrected chi connectivity index (χ4v) is 3.85. The highest BCUT2D eigenvalue weighted by atomic mass is 16.6. The van der Waals surface area contributed by atoms with Gasteiger partial charge in [0.15, 0.2) is 0 Å². The van der Waals surface area contributed by atoms with E-state index in [2.05, 4.69) is 25.6 Å². The number of rotatable bonds is 5. The quantitative estimate of drug-likeness (QED) is 0.565. The summed E-state index contributed by atoms with van der Waals surface area (Å²) in [4.78, 5) is 15.2. The molecule has 0 saturated carbocycles. The lowest BCUT2D eigenvalue weighted by Gasteiger charge is -2.23. The number of fused-ring (bicyclic) bond motifs is 1. The van der Waals surface area contributed by atoms with Crippen LogP contribution in [0.3, 0.4) is 0 Å². The van der Waals surface area contributed by atoms with Crippen molar-refractivity contribution >= 4 is 22.6 Å². The van der Waals surface area contributed by atoms with Crippen LogP contribution in [-0.4, -0.2) is 43.5 Å². The molecule has 0 bridgehead atoms. The third kappa shape index (κ3) is 3.62. The first-order valence-corrected chi connectivity index (χ1v) is 9.62. The minimum absolute atomic E-state index is 0.0179. The van der Waals surface area contributed by atoms with E-state index in [1.54, 1.807) is 10.9 Å². The molecule has 1 aliphatic heterocycles. The second kappa shape index (κ2) is 7.48. The first-order chi connectivity index (χ1) is 14.3. The Hall–Kier alpha value is -3.52. The molecule has 4 aromatic rings. The van der Waals surface area contributed by atoms with E-state index in [0.717, 1.165) is 47.4 Å². The molecule has 3 heterocycles. The molecule has 2 aromatic carbocycles. The molecular formula is C21H20N6O2. The maximum atomic E-state index is 13.0. The largest absolute Gasteiger partial charge is 0.325 e. The van der Waals surface area contributed by atoms with Crippen molar-refractivity contribution in [3.8, 4) is 5.69 Å². The average Bonchev–Trinajstić information content (AvgIpc) is 3.49. The van der Waals surface area contributed by atoms with Crippen LogP contribution in [0.25, 0.3) is 16.7 Å². The predicted molar refractivity (Wildman–Crippen MR) is 107 cm³/mol. The number of carbonyl (C=O) groups is 1. The van der Waals surface area contributed by atoms with E-state index in [4.69, 9.17) is 4.63 Å². The number of hydrogen-bond donors (Lipinski definition) is 1. The topological polar surface area (TPSA) is 89.1 Å². The van der Waals surface area contributed by atoms with Crippen LogP contribution in [0.4, 0.5) is 5.69 Å². The van der Waals surface area contributed by atoms with Crippen LogP contribution in [0, 0.1) is 0 Å². The Bertz CT molecular complexity index is 1140. The van der Waals surface area contributed by atoms with Gasteiger partial charge in [0.1, 0.15) is 11.0 Å². The van der Waals surface area contributed by atoms with Gasteiger partial charge in [0.2, 0.25) is 5.91 Å². The fourth-order valence-electron chi connectivity index (χ4n) is 3.85. The lowest BCUT2D eigenvalue weighted by atomic mass is 10.1. The molecule has 1 N–H and O–H groups in total. The Balaban J connectivity index is 1.29. The van der Waals surface area contributed by atoms with Gasteiger partial charge in [0.25, 0.3) is 0 Å². The van der Waals surface area contributed by atoms with E-state index >= 15 is 0 Å². The van der Waals surface area contributed by atoms with Gasteiger partial charge in [-0.1, -0.05) is 12.1 Å². The Kier molecular flexibility index (Phi) is 4.53. The van der Waals surface area contributed by atoms with Gasteiger partial charge in [0, 0.05) is 24.6 Å². The number of nitrogens with one attached hydrogen (secondary N) is 1. The third-order valence-electron chi connectivity index (χ3n) is 5.25. The molecule has 29 heavy (non-hydrogen) atoms. The van der Waals surface area contributed by atoms with Crippen LogP contribution < -0.4 is 5.32 Å². The number of amides is 1. The third-order valence-corrected chi connectivity index (χ3v) is 5.25. The molecule has 1 fully saturated rings. The SMILES string of the molecule is O=C(Nc1cccc(-n2cccn2)c1)C1CCCN1Cc1ccc2nonc2c1. The maximum Gasteiger partial charge on any atom is 0.241 e. The van der Waals surface area contributed by atoms with Gasteiger partial charge in [-0.15, -0.1) is 0 Å².